The number of nitrogens with zero attached hydrogens (tertiary/aromatic N) is 2. The van der Waals surface area contributed by atoms with E-state index in [1.807, 2.05) is 6.92 Å². The van der Waals surface area contributed by atoms with Gasteiger partial charge in [0.25, 0.3) is 11.5 Å². The zero-order chi connectivity index (χ0) is 23.5. The highest BCUT2D eigenvalue weighted by Gasteiger charge is 2.10. The zero-order valence-corrected chi connectivity index (χ0v) is 18.8. The molecule has 0 aliphatic rings. The van der Waals surface area contributed by atoms with Crippen molar-refractivity contribution in [3.8, 4) is 5.75 Å². The average Bonchev–Trinajstić information content (AvgIpc) is 2.77. The maximum Gasteiger partial charge on any atom is 0.336 e. The first kappa shape index (κ1) is 22.3. The van der Waals surface area contributed by atoms with Gasteiger partial charge in [-0.25, -0.2) is 9.78 Å². The van der Waals surface area contributed by atoms with E-state index in [-0.39, 0.29) is 18.1 Å². The number of anilines is 1. The maximum absolute atomic E-state index is 12.8. The van der Waals surface area contributed by atoms with Crippen molar-refractivity contribution in [1.29, 1.82) is 0 Å². The lowest BCUT2D eigenvalue weighted by Gasteiger charge is -2.10. The maximum atomic E-state index is 12.8. The number of ether oxygens (including phenoxy) is 1. The number of hydrogen-bond acceptors (Lipinski definition) is 6. The van der Waals surface area contributed by atoms with Crippen molar-refractivity contribution in [1.82, 2.24) is 9.55 Å². The molecule has 0 unspecified atom stereocenters. The molecule has 1 amide bonds. The summed E-state index contributed by atoms with van der Waals surface area (Å²) in [4.78, 5) is 41.2. The highest BCUT2D eigenvalue weighted by atomic mass is 16.5. The molecule has 170 valence electrons. The van der Waals surface area contributed by atoms with E-state index < -0.39 is 5.63 Å². The SMILES string of the molecule is Cc1cc(=O)oc2cc(OCC(=O)Nc3ccc4ncn(CCC(C)C)c(=O)c4c3)ccc12. The molecule has 33 heavy (non-hydrogen) atoms. The van der Waals surface area contributed by atoms with Gasteiger partial charge in [-0.2, -0.15) is 0 Å². The predicted molar refractivity (Wildman–Crippen MR) is 127 cm³/mol. The van der Waals surface area contributed by atoms with Crippen molar-refractivity contribution in [2.45, 2.75) is 33.7 Å². The fourth-order valence-corrected chi connectivity index (χ4v) is 3.53. The van der Waals surface area contributed by atoms with Crippen LogP contribution in [0.5, 0.6) is 5.75 Å². The number of nitrogens with one attached hydrogen (secondary N) is 1. The summed E-state index contributed by atoms with van der Waals surface area (Å²) in [5.74, 6) is 0.493. The second kappa shape index (κ2) is 9.28. The summed E-state index contributed by atoms with van der Waals surface area (Å²) in [7, 11) is 0. The van der Waals surface area contributed by atoms with Gasteiger partial charge in [-0.3, -0.25) is 14.2 Å². The van der Waals surface area contributed by atoms with Crippen molar-refractivity contribution in [3.05, 3.63) is 75.1 Å². The molecule has 0 saturated carbocycles. The van der Waals surface area contributed by atoms with Crippen LogP contribution in [0, 0.1) is 12.8 Å². The highest BCUT2D eigenvalue weighted by Crippen LogP contribution is 2.22. The Labute approximate surface area is 189 Å². The Morgan fingerprint density at radius 1 is 1.12 bits per heavy atom. The van der Waals surface area contributed by atoms with Crippen LogP contribution < -0.4 is 21.2 Å². The lowest BCUT2D eigenvalue weighted by Crippen LogP contribution is -2.22. The molecular formula is C25H25N3O5. The molecule has 0 saturated heterocycles. The van der Waals surface area contributed by atoms with Gasteiger partial charge in [0.2, 0.25) is 0 Å². The first-order chi connectivity index (χ1) is 15.8. The van der Waals surface area contributed by atoms with Crippen molar-refractivity contribution < 1.29 is 13.9 Å². The molecule has 0 aliphatic heterocycles. The molecule has 0 bridgehead atoms. The van der Waals surface area contributed by atoms with E-state index in [0.717, 1.165) is 17.4 Å². The van der Waals surface area contributed by atoms with Crippen molar-refractivity contribution in [2.75, 3.05) is 11.9 Å². The monoisotopic (exact) mass is 447 g/mol. The standard InChI is InChI=1S/C25H25N3O5/c1-15(2)8-9-28-14-26-21-7-4-17(11-20(21)25(28)31)27-23(29)13-32-18-5-6-19-16(3)10-24(30)33-22(19)12-18/h4-7,10-12,14-15H,8-9,13H2,1-3H3,(H,27,29). The molecular weight excluding hydrogens is 422 g/mol. The van der Waals surface area contributed by atoms with E-state index in [0.29, 0.717) is 40.4 Å². The van der Waals surface area contributed by atoms with Gasteiger partial charge < -0.3 is 14.5 Å². The molecule has 0 aliphatic carbocycles. The smallest absolute Gasteiger partial charge is 0.336 e. The normalized spacial score (nSPS) is 11.3. The Kier molecular flexibility index (Phi) is 6.26. The molecule has 8 heteroatoms. The Hall–Kier alpha value is -3.94. The van der Waals surface area contributed by atoms with Crippen LogP contribution in [0.1, 0.15) is 25.8 Å². The van der Waals surface area contributed by atoms with Crippen LogP contribution in [0.15, 0.2) is 62.8 Å². The number of aromatic nitrogens is 2. The summed E-state index contributed by atoms with van der Waals surface area (Å²) in [6, 6.07) is 11.5. The molecule has 4 rings (SSSR count). The number of benzene rings is 2. The van der Waals surface area contributed by atoms with Gasteiger partial charge in [-0.1, -0.05) is 13.8 Å². The molecule has 8 nitrogen and oxygen atoms in total. The van der Waals surface area contributed by atoms with E-state index in [9.17, 15) is 14.4 Å². The summed E-state index contributed by atoms with van der Waals surface area (Å²) < 4.78 is 12.4. The molecule has 0 fully saturated rings. The molecule has 2 aromatic heterocycles. The minimum Gasteiger partial charge on any atom is -0.484 e. The van der Waals surface area contributed by atoms with Gasteiger partial charge in [0.15, 0.2) is 6.61 Å². The molecule has 2 heterocycles. The Morgan fingerprint density at radius 3 is 2.73 bits per heavy atom. The highest BCUT2D eigenvalue weighted by molar-refractivity contribution is 5.94. The molecule has 1 N–H and O–H groups in total. The van der Waals surface area contributed by atoms with Crippen LogP contribution in [0.25, 0.3) is 21.9 Å². The van der Waals surface area contributed by atoms with Gasteiger partial charge in [-0.05, 0) is 55.2 Å². The van der Waals surface area contributed by atoms with Crippen LogP contribution in [0.4, 0.5) is 5.69 Å². The van der Waals surface area contributed by atoms with Gasteiger partial charge in [0.1, 0.15) is 11.3 Å². The van der Waals surface area contributed by atoms with Gasteiger partial charge in [0, 0.05) is 29.8 Å². The third kappa shape index (κ3) is 5.11. The second-order valence-corrected chi connectivity index (χ2v) is 8.40. The molecule has 0 radical (unpaired) electrons. The third-order valence-electron chi connectivity index (χ3n) is 5.35. The van der Waals surface area contributed by atoms with Crippen molar-refractivity contribution >= 4 is 33.5 Å². The van der Waals surface area contributed by atoms with Crippen LogP contribution >= 0.6 is 0 Å². The number of carbonyl (C=O) groups excluding carboxylic acids is 1. The van der Waals surface area contributed by atoms with E-state index in [1.54, 1.807) is 47.3 Å². The summed E-state index contributed by atoms with van der Waals surface area (Å²) in [6.07, 6.45) is 2.44. The number of hydrogen-bond donors (Lipinski definition) is 1. The largest absolute Gasteiger partial charge is 0.484 e. The van der Waals surface area contributed by atoms with Gasteiger partial charge in [-0.15, -0.1) is 0 Å². The summed E-state index contributed by atoms with van der Waals surface area (Å²) in [5, 5.41) is 3.99. The van der Waals surface area contributed by atoms with Crippen LogP contribution in [0.3, 0.4) is 0 Å². The number of carbonyl (C=O) groups is 1. The Balaban J connectivity index is 1.46. The predicted octanol–water partition coefficient (Wildman–Crippen LogP) is 3.87. The van der Waals surface area contributed by atoms with Crippen molar-refractivity contribution in [2.24, 2.45) is 5.92 Å². The third-order valence-corrected chi connectivity index (χ3v) is 5.35. The number of amides is 1. The second-order valence-electron chi connectivity index (χ2n) is 8.40. The Morgan fingerprint density at radius 2 is 1.94 bits per heavy atom. The van der Waals surface area contributed by atoms with E-state index in [2.05, 4.69) is 24.1 Å². The topological polar surface area (TPSA) is 103 Å². The quantitative estimate of drug-likeness (QED) is 0.431. The van der Waals surface area contributed by atoms with Gasteiger partial charge >= 0.3 is 5.63 Å². The lowest BCUT2D eigenvalue weighted by molar-refractivity contribution is -0.118. The first-order valence-electron chi connectivity index (χ1n) is 10.8. The van der Waals surface area contributed by atoms with Crippen LogP contribution in [0.2, 0.25) is 0 Å². The number of fused-ring (bicyclic) bond motifs is 2. The van der Waals surface area contributed by atoms with E-state index in [1.165, 1.54) is 6.07 Å². The number of rotatable bonds is 7. The summed E-state index contributed by atoms with van der Waals surface area (Å²) >= 11 is 0. The molecule has 2 aromatic carbocycles. The lowest BCUT2D eigenvalue weighted by atomic mass is 10.1. The summed E-state index contributed by atoms with van der Waals surface area (Å²) in [5.41, 5.74) is 1.68. The van der Waals surface area contributed by atoms with Crippen molar-refractivity contribution in [3.63, 3.8) is 0 Å². The average molecular weight is 447 g/mol. The minimum absolute atomic E-state index is 0.138. The van der Waals surface area contributed by atoms with Gasteiger partial charge in [0.05, 0.1) is 17.2 Å². The van der Waals surface area contributed by atoms with Crippen LogP contribution in [-0.4, -0.2) is 22.1 Å². The van der Waals surface area contributed by atoms with E-state index in [4.69, 9.17) is 9.15 Å². The Bertz CT molecular complexity index is 1450. The minimum atomic E-state index is -0.441. The molecule has 0 atom stereocenters. The fraction of sp³-hybridized carbons (Fsp3) is 0.280. The number of aryl methyl sites for hydroxylation is 2. The van der Waals surface area contributed by atoms with Crippen LogP contribution in [-0.2, 0) is 11.3 Å². The molecule has 4 aromatic rings. The molecule has 0 spiro atoms. The first-order valence-corrected chi connectivity index (χ1v) is 10.8. The van der Waals surface area contributed by atoms with E-state index >= 15 is 0 Å². The fourth-order valence-electron chi connectivity index (χ4n) is 3.53. The zero-order valence-electron chi connectivity index (χ0n) is 18.8. The summed E-state index contributed by atoms with van der Waals surface area (Å²) in [6.45, 7) is 6.37.